The zero-order valence-corrected chi connectivity index (χ0v) is 13.6. The van der Waals surface area contributed by atoms with Gasteiger partial charge in [-0.05, 0) is 37.1 Å². The summed E-state index contributed by atoms with van der Waals surface area (Å²) >= 11 is 1.32. The smallest absolute Gasteiger partial charge is 0.306 e. The summed E-state index contributed by atoms with van der Waals surface area (Å²) in [4.78, 5) is 35.7. The molecule has 0 saturated heterocycles. The van der Waals surface area contributed by atoms with Gasteiger partial charge in [-0.25, -0.2) is 0 Å². The number of ketones is 1. The first-order chi connectivity index (χ1) is 10.9. The molecule has 6 nitrogen and oxygen atoms in total. The van der Waals surface area contributed by atoms with Gasteiger partial charge in [-0.1, -0.05) is 6.07 Å². The highest BCUT2D eigenvalue weighted by Gasteiger charge is 2.43. The Bertz CT molecular complexity index is 631. The van der Waals surface area contributed by atoms with Gasteiger partial charge in [-0.2, -0.15) is 5.26 Å². The molecule has 1 amide bonds. The molecule has 1 aliphatic carbocycles. The van der Waals surface area contributed by atoms with Crippen molar-refractivity contribution < 1.29 is 19.1 Å². The van der Waals surface area contributed by atoms with Crippen LogP contribution in [-0.4, -0.2) is 29.8 Å². The lowest BCUT2D eigenvalue weighted by Crippen LogP contribution is -2.48. The van der Waals surface area contributed by atoms with Crippen LogP contribution in [0.1, 0.15) is 42.3 Å². The Balaban J connectivity index is 1.69. The zero-order valence-electron chi connectivity index (χ0n) is 12.8. The molecule has 0 spiro atoms. The van der Waals surface area contributed by atoms with Crippen molar-refractivity contribution in [3.8, 4) is 6.07 Å². The van der Waals surface area contributed by atoms with Gasteiger partial charge in [0.15, 0.2) is 12.4 Å². The minimum absolute atomic E-state index is 0.0545. The number of hydrogen-bond acceptors (Lipinski definition) is 6. The molecule has 2 rings (SSSR count). The summed E-state index contributed by atoms with van der Waals surface area (Å²) in [5, 5.41) is 13.5. The van der Waals surface area contributed by atoms with E-state index in [0.29, 0.717) is 4.88 Å². The van der Waals surface area contributed by atoms with Crippen LogP contribution in [-0.2, 0) is 14.3 Å². The van der Waals surface area contributed by atoms with Gasteiger partial charge in [-0.3, -0.25) is 14.4 Å². The molecule has 1 N–H and O–H groups in total. The fourth-order valence-corrected chi connectivity index (χ4v) is 2.90. The van der Waals surface area contributed by atoms with E-state index in [4.69, 9.17) is 10.00 Å². The lowest BCUT2D eigenvalue weighted by atomic mass is 9.98. The number of nitriles is 1. The number of ether oxygens (including phenoxy) is 1. The molecule has 1 heterocycles. The summed E-state index contributed by atoms with van der Waals surface area (Å²) < 4.78 is 4.85. The second-order valence-corrected chi connectivity index (χ2v) is 6.65. The maximum atomic E-state index is 11.8. The van der Waals surface area contributed by atoms with Gasteiger partial charge in [0.2, 0.25) is 0 Å². The van der Waals surface area contributed by atoms with E-state index < -0.39 is 24.0 Å². The largest absolute Gasteiger partial charge is 0.456 e. The first-order valence-corrected chi connectivity index (χ1v) is 8.27. The summed E-state index contributed by atoms with van der Waals surface area (Å²) in [7, 11) is 0. The van der Waals surface area contributed by atoms with Gasteiger partial charge in [-0.15, -0.1) is 11.3 Å². The molecule has 1 aliphatic rings. The molecule has 7 heteroatoms. The van der Waals surface area contributed by atoms with E-state index in [2.05, 4.69) is 11.4 Å². The maximum Gasteiger partial charge on any atom is 0.306 e. The van der Waals surface area contributed by atoms with Gasteiger partial charge < -0.3 is 10.1 Å². The van der Waals surface area contributed by atoms with Gasteiger partial charge in [0.1, 0.15) is 5.54 Å². The van der Waals surface area contributed by atoms with Crippen LogP contribution in [0, 0.1) is 17.2 Å². The highest BCUT2D eigenvalue weighted by Crippen LogP contribution is 2.39. The van der Waals surface area contributed by atoms with E-state index in [-0.39, 0.29) is 24.5 Å². The highest BCUT2D eigenvalue weighted by molar-refractivity contribution is 7.12. The number of amides is 1. The number of thiophene rings is 1. The van der Waals surface area contributed by atoms with Crippen LogP contribution in [0.2, 0.25) is 0 Å². The molecule has 1 saturated carbocycles. The number of nitrogens with zero attached hydrogens (tertiary/aromatic N) is 1. The number of nitrogens with one attached hydrogen (secondary N) is 1. The van der Waals surface area contributed by atoms with Gasteiger partial charge >= 0.3 is 5.97 Å². The third kappa shape index (κ3) is 4.89. The van der Waals surface area contributed by atoms with Gasteiger partial charge in [0, 0.05) is 6.42 Å². The van der Waals surface area contributed by atoms with Crippen LogP contribution in [0.4, 0.5) is 0 Å². The molecule has 0 unspecified atom stereocenters. The first-order valence-electron chi connectivity index (χ1n) is 7.39. The van der Waals surface area contributed by atoms with Crippen molar-refractivity contribution >= 4 is 29.0 Å². The molecule has 122 valence electrons. The Morgan fingerprint density at radius 2 is 2.17 bits per heavy atom. The normalized spacial score (nSPS) is 16.0. The molecule has 1 aromatic heterocycles. The van der Waals surface area contributed by atoms with Crippen molar-refractivity contribution in [2.75, 3.05) is 6.61 Å². The second kappa shape index (κ2) is 7.38. The number of carbonyl (C=O) groups is 3. The predicted octanol–water partition coefficient (Wildman–Crippen LogP) is 2.06. The van der Waals surface area contributed by atoms with Crippen molar-refractivity contribution in [3.63, 3.8) is 0 Å². The molecule has 1 atom stereocenters. The first kappa shape index (κ1) is 17.2. The van der Waals surface area contributed by atoms with Crippen LogP contribution in [0.25, 0.3) is 0 Å². The van der Waals surface area contributed by atoms with E-state index in [1.807, 2.05) is 0 Å². The number of carbonyl (C=O) groups excluding carboxylic acids is 3. The van der Waals surface area contributed by atoms with Crippen molar-refractivity contribution in [2.45, 2.75) is 38.1 Å². The Kier molecular flexibility index (Phi) is 5.50. The lowest BCUT2D eigenvalue weighted by Gasteiger charge is -2.22. The van der Waals surface area contributed by atoms with E-state index in [9.17, 15) is 14.4 Å². The topological polar surface area (TPSA) is 96.3 Å². The molecular formula is C16H18N2O4S. The molecule has 0 aromatic carbocycles. The third-order valence-electron chi connectivity index (χ3n) is 3.74. The summed E-state index contributed by atoms with van der Waals surface area (Å²) in [6.07, 6.45) is 1.81. The summed E-state index contributed by atoms with van der Waals surface area (Å²) in [5.41, 5.74) is -0.904. The van der Waals surface area contributed by atoms with Gasteiger partial charge in [0.25, 0.3) is 5.91 Å². The molecule has 1 fully saturated rings. The van der Waals surface area contributed by atoms with Crippen LogP contribution in [0.5, 0.6) is 0 Å². The zero-order chi connectivity index (χ0) is 16.9. The van der Waals surface area contributed by atoms with Crippen molar-refractivity contribution in [1.29, 1.82) is 5.26 Å². The molecule has 0 bridgehead atoms. The molecule has 0 aliphatic heterocycles. The number of esters is 1. The summed E-state index contributed by atoms with van der Waals surface area (Å²) in [6.45, 7) is 1.24. The number of Topliss-reactive ketones (excluding diaryl/α,β-unsaturated/α-hetero) is 1. The molecule has 1 aromatic rings. The Labute approximate surface area is 138 Å². The number of hydrogen-bond donors (Lipinski definition) is 1. The Morgan fingerprint density at radius 3 is 2.74 bits per heavy atom. The molecule has 23 heavy (non-hydrogen) atoms. The van der Waals surface area contributed by atoms with E-state index in [1.165, 1.54) is 11.3 Å². The van der Waals surface area contributed by atoms with E-state index >= 15 is 0 Å². The standard InChI is InChI=1S/C16H18N2O4S/c1-16(10-17,11-4-5-11)18-14(20)9-22-15(21)7-6-12(19)13-3-2-8-23-13/h2-3,8,11H,4-7,9H2,1H3,(H,18,20)/t16-/m1/s1. The third-order valence-corrected chi connectivity index (χ3v) is 4.65. The Hall–Kier alpha value is -2.20. The van der Waals surface area contributed by atoms with E-state index in [0.717, 1.165) is 12.8 Å². The maximum absolute atomic E-state index is 11.8. The molecule has 0 radical (unpaired) electrons. The van der Waals surface area contributed by atoms with Crippen LogP contribution < -0.4 is 5.32 Å². The average molecular weight is 334 g/mol. The van der Waals surface area contributed by atoms with E-state index in [1.54, 1.807) is 24.4 Å². The van der Waals surface area contributed by atoms with Crippen LogP contribution >= 0.6 is 11.3 Å². The Morgan fingerprint density at radius 1 is 1.43 bits per heavy atom. The van der Waals surface area contributed by atoms with Crippen LogP contribution in [0.3, 0.4) is 0 Å². The SMILES string of the molecule is C[C@](C#N)(NC(=O)COC(=O)CCC(=O)c1cccs1)C1CC1. The van der Waals surface area contributed by atoms with Crippen molar-refractivity contribution in [3.05, 3.63) is 22.4 Å². The fourth-order valence-electron chi connectivity index (χ4n) is 2.20. The number of rotatable bonds is 8. The lowest BCUT2D eigenvalue weighted by molar-refractivity contribution is -0.148. The van der Waals surface area contributed by atoms with Crippen LogP contribution in [0.15, 0.2) is 17.5 Å². The monoisotopic (exact) mass is 334 g/mol. The van der Waals surface area contributed by atoms with Crippen molar-refractivity contribution in [2.24, 2.45) is 5.92 Å². The quantitative estimate of drug-likeness (QED) is 0.580. The molecular weight excluding hydrogens is 316 g/mol. The van der Waals surface area contributed by atoms with Crippen molar-refractivity contribution in [1.82, 2.24) is 5.32 Å². The highest BCUT2D eigenvalue weighted by atomic mass is 32.1. The predicted molar refractivity (Wildman–Crippen MR) is 83.7 cm³/mol. The second-order valence-electron chi connectivity index (χ2n) is 5.70. The minimum Gasteiger partial charge on any atom is -0.456 e. The average Bonchev–Trinajstić information content (AvgIpc) is 3.26. The minimum atomic E-state index is -0.904. The fraction of sp³-hybridized carbons (Fsp3) is 0.500. The summed E-state index contributed by atoms with van der Waals surface area (Å²) in [6, 6.07) is 5.57. The van der Waals surface area contributed by atoms with Gasteiger partial charge in [0.05, 0.1) is 17.4 Å². The summed E-state index contributed by atoms with van der Waals surface area (Å²) in [5.74, 6) is -1.06.